The number of fused-ring (bicyclic) bond motifs is 1. The van der Waals surface area contributed by atoms with Crippen LogP contribution in [0.15, 0.2) is 48.5 Å². The molecule has 0 aliphatic carbocycles. The molecule has 1 aromatic heterocycles. The number of hydrogen-bond acceptors (Lipinski definition) is 2. The summed E-state index contributed by atoms with van der Waals surface area (Å²) in [5, 5.41) is 0.547. The van der Waals surface area contributed by atoms with Gasteiger partial charge in [-0.1, -0.05) is 41.9 Å². The smallest absolute Gasteiger partial charge is 0.161 e. The number of rotatable bonds is 3. The van der Waals surface area contributed by atoms with Gasteiger partial charge in [-0.3, -0.25) is 0 Å². The summed E-state index contributed by atoms with van der Waals surface area (Å²) in [6.45, 7) is 0.301. The summed E-state index contributed by atoms with van der Waals surface area (Å²) in [5.74, 6) is -1.55. The summed E-state index contributed by atoms with van der Waals surface area (Å²) in [4.78, 5) is 3.97. The van der Waals surface area contributed by atoms with Gasteiger partial charge in [-0.15, -0.1) is 0 Å². The largest absolute Gasteiger partial charge is 0.488 e. The predicted octanol–water partition coefficient (Wildman–Crippen LogP) is 4.75. The second-order valence-corrected chi connectivity index (χ2v) is 4.89. The van der Waals surface area contributed by atoms with E-state index in [4.69, 9.17) is 16.3 Å². The lowest BCUT2D eigenvalue weighted by Crippen LogP contribution is -1.97. The summed E-state index contributed by atoms with van der Waals surface area (Å²) in [7, 11) is 0. The first-order chi connectivity index (χ1) is 10.1. The Balaban J connectivity index is 1.99. The van der Waals surface area contributed by atoms with E-state index in [0.717, 1.165) is 17.7 Å². The molecule has 0 unspecified atom stereocenters. The first-order valence-corrected chi connectivity index (χ1v) is 6.63. The molecule has 0 spiro atoms. The lowest BCUT2D eigenvalue weighted by atomic mass is 10.2. The highest BCUT2D eigenvalue weighted by molar-refractivity contribution is 6.30. The van der Waals surface area contributed by atoms with Gasteiger partial charge in [-0.25, -0.2) is 13.8 Å². The van der Waals surface area contributed by atoms with Gasteiger partial charge in [0.2, 0.25) is 0 Å². The first-order valence-electron chi connectivity index (χ1n) is 6.25. The van der Waals surface area contributed by atoms with Gasteiger partial charge in [0, 0.05) is 17.5 Å². The zero-order chi connectivity index (χ0) is 14.8. The highest BCUT2D eigenvalue weighted by Gasteiger charge is 2.11. The lowest BCUT2D eigenvalue weighted by Gasteiger charge is -2.10. The molecule has 0 amide bonds. The van der Waals surface area contributed by atoms with Crippen molar-refractivity contribution in [3.8, 4) is 5.75 Å². The van der Waals surface area contributed by atoms with E-state index in [9.17, 15) is 8.78 Å². The van der Waals surface area contributed by atoms with Crippen molar-refractivity contribution in [1.29, 1.82) is 0 Å². The number of aromatic nitrogens is 1. The third-order valence-corrected chi connectivity index (χ3v) is 3.21. The Morgan fingerprint density at radius 2 is 1.71 bits per heavy atom. The van der Waals surface area contributed by atoms with Gasteiger partial charge in [-0.2, -0.15) is 0 Å². The molecule has 0 radical (unpaired) electrons. The highest BCUT2D eigenvalue weighted by atomic mass is 35.5. The van der Waals surface area contributed by atoms with Crippen LogP contribution in [0.5, 0.6) is 5.75 Å². The second kappa shape index (κ2) is 5.66. The summed E-state index contributed by atoms with van der Waals surface area (Å²) in [6.07, 6.45) is 0. The van der Waals surface area contributed by atoms with E-state index in [1.165, 1.54) is 6.07 Å². The van der Waals surface area contributed by atoms with Gasteiger partial charge in [0.1, 0.15) is 17.5 Å². The van der Waals surface area contributed by atoms with E-state index in [1.807, 2.05) is 30.3 Å². The normalized spacial score (nSPS) is 10.8. The molecule has 2 nitrogen and oxygen atoms in total. The molecule has 0 atom stereocenters. The van der Waals surface area contributed by atoms with E-state index < -0.39 is 11.6 Å². The van der Waals surface area contributed by atoms with Crippen molar-refractivity contribution in [1.82, 2.24) is 4.98 Å². The number of hydrogen-bond donors (Lipinski definition) is 0. The van der Waals surface area contributed by atoms with Crippen LogP contribution in [0.25, 0.3) is 10.9 Å². The van der Waals surface area contributed by atoms with Crippen LogP contribution in [0.3, 0.4) is 0 Å². The number of ether oxygens (including phenoxy) is 1. The zero-order valence-corrected chi connectivity index (χ0v) is 11.6. The molecule has 0 saturated carbocycles. The molecule has 0 N–H and O–H groups in total. The topological polar surface area (TPSA) is 22.1 Å². The fourth-order valence-electron chi connectivity index (χ4n) is 2.01. The summed E-state index contributed by atoms with van der Waals surface area (Å²) >= 11 is 5.89. The van der Waals surface area contributed by atoms with Crippen molar-refractivity contribution in [2.24, 2.45) is 0 Å². The molecule has 0 bridgehead atoms. The fourth-order valence-corrected chi connectivity index (χ4v) is 2.20. The molecule has 0 fully saturated rings. The molecule has 5 heteroatoms. The summed E-state index contributed by atoms with van der Waals surface area (Å²) < 4.78 is 32.3. The minimum absolute atomic E-state index is 0.163. The minimum atomic E-state index is -0.966. The monoisotopic (exact) mass is 305 g/mol. The molecular formula is C16H10ClF2NO. The standard InChI is InChI=1S/C16H10ClF2NO/c17-16-8-15(21-9-10-4-2-1-3-5-10)11-6-12(18)13(19)7-14(11)20-16/h1-8H,9H2. The third kappa shape index (κ3) is 2.95. The van der Waals surface area contributed by atoms with Gasteiger partial charge in [0.05, 0.1) is 5.52 Å². The zero-order valence-electron chi connectivity index (χ0n) is 10.8. The van der Waals surface area contributed by atoms with Gasteiger partial charge < -0.3 is 4.74 Å². The van der Waals surface area contributed by atoms with E-state index in [0.29, 0.717) is 17.7 Å². The summed E-state index contributed by atoms with van der Waals surface area (Å²) in [6, 6.07) is 13.1. The van der Waals surface area contributed by atoms with Crippen molar-refractivity contribution >= 4 is 22.5 Å². The average molecular weight is 306 g/mol. The Hall–Kier alpha value is -2.20. The average Bonchev–Trinajstić information content (AvgIpc) is 2.48. The highest BCUT2D eigenvalue weighted by Crippen LogP contribution is 2.29. The molecular weight excluding hydrogens is 296 g/mol. The van der Waals surface area contributed by atoms with Crippen LogP contribution in [-0.2, 0) is 6.61 Å². The van der Waals surface area contributed by atoms with Crippen LogP contribution in [-0.4, -0.2) is 4.98 Å². The van der Waals surface area contributed by atoms with Crippen molar-refractivity contribution in [3.05, 3.63) is 70.9 Å². The van der Waals surface area contributed by atoms with Crippen LogP contribution in [0.2, 0.25) is 5.15 Å². The fraction of sp³-hybridized carbons (Fsp3) is 0.0625. The molecule has 0 aliphatic rings. The third-order valence-electron chi connectivity index (χ3n) is 3.02. The maximum atomic E-state index is 13.4. The van der Waals surface area contributed by atoms with E-state index in [-0.39, 0.29) is 10.7 Å². The van der Waals surface area contributed by atoms with E-state index in [2.05, 4.69) is 4.98 Å². The molecule has 2 aromatic carbocycles. The maximum absolute atomic E-state index is 13.4. The number of halogens is 3. The van der Waals surface area contributed by atoms with Crippen LogP contribution >= 0.6 is 11.6 Å². The number of nitrogens with zero attached hydrogens (tertiary/aromatic N) is 1. The van der Waals surface area contributed by atoms with Crippen LogP contribution in [0.1, 0.15) is 5.56 Å². The molecule has 3 aromatic rings. The number of pyridine rings is 1. The van der Waals surface area contributed by atoms with Crippen molar-refractivity contribution < 1.29 is 13.5 Å². The first kappa shape index (κ1) is 13.8. The van der Waals surface area contributed by atoms with Gasteiger partial charge in [-0.05, 0) is 11.6 Å². The molecule has 3 rings (SSSR count). The van der Waals surface area contributed by atoms with Gasteiger partial charge in [0.25, 0.3) is 0 Å². The number of benzene rings is 2. The molecule has 0 aliphatic heterocycles. The molecule has 21 heavy (non-hydrogen) atoms. The summed E-state index contributed by atoms with van der Waals surface area (Å²) in [5.41, 5.74) is 1.21. The Bertz CT molecular complexity index is 793. The van der Waals surface area contributed by atoms with Crippen LogP contribution in [0.4, 0.5) is 8.78 Å². The predicted molar refractivity (Wildman–Crippen MR) is 77.4 cm³/mol. The SMILES string of the molecule is Fc1cc2nc(Cl)cc(OCc3ccccc3)c2cc1F. The van der Waals surface area contributed by atoms with Crippen LogP contribution < -0.4 is 4.74 Å². The van der Waals surface area contributed by atoms with Crippen molar-refractivity contribution in [3.63, 3.8) is 0 Å². The minimum Gasteiger partial charge on any atom is -0.488 e. The van der Waals surface area contributed by atoms with E-state index in [1.54, 1.807) is 0 Å². The van der Waals surface area contributed by atoms with Crippen molar-refractivity contribution in [2.75, 3.05) is 0 Å². The lowest BCUT2D eigenvalue weighted by molar-refractivity contribution is 0.309. The quantitative estimate of drug-likeness (QED) is 0.652. The second-order valence-electron chi connectivity index (χ2n) is 4.50. The maximum Gasteiger partial charge on any atom is 0.161 e. The van der Waals surface area contributed by atoms with Gasteiger partial charge >= 0.3 is 0 Å². The molecule has 106 valence electrons. The van der Waals surface area contributed by atoms with E-state index >= 15 is 0 Å². The molecule has 0 saturated heterocycles. The Morgan fingerprint density at radius 1 is 1.00 bits per heavy atom. The van der Waals surface area contributed by atoms with Crippen LogP contribution in [0, 0.1) is 11.6 Å². The molecule has 1 heterocycles. The van der Waals surface area contributed by atoms with Crippen molar-refractivity contribution in [2.45, 2.75) is 6.61 Å². The Labute approximate surface area is 125 Å². The Morgan fingerprint density at radius 3 is 2.48 bits per heavy atom. The Kier molecular flexibility index (Phi) is 3.71. The van der Waals surface area contributed by atoms with Gasteiger partial charge in [0.15, 0.2) is 11.6 Å².